The Morgan fingerprint density at radius 3 is 2.61 bits per heavy atom. The summed E-state index contributed by atoms with van der Waals surface area (Å²) < 4.78 is 0. The number of hydrazine groups is 1. The van der Waals surface area contributed by atoms with Crippen LogP contribution < -0.4 is 21.9 Å². The van der Waals surface area contributed by atoms with Gasteiger partial charge in [0.1, 0.15) is 5.84 Å². The normalized spacial score (nSPS) is 11.0. The molecular formula is C12H19N5O. The van der Waals surface area contributed by atoms with E-state index in [1.807, 2.05) is 25.1 Å². The summed E-state index contributed by atoms with van der Waals surface area (Å²) in [5.74, 6) is 5.98. The van der Waals surface area contributed by atoms with E-state index in [4.69, 9.17) is 5.84 Å². The Balaban J connectivity index is 3.12. The van der Waals surface area contributed by atoms with Crippen LogP contribution in [0.5, 0.6) is 0 Å². The van der Waals surface area contributed by atoms with E-state index in [0.717, 1.165) is 17.5 Å². The number of aliphatic imine (C=N–C) groups is 1. The molecule has 0 fully saturated rings. The highest BCUT2D eigenvalue weighted by molar-refractivity contribution is 6.00. The van der Waals surface area contributed by atoms with E-state index < -0.39 is 0 Å². The van der Waals surface area contributed by atoms with Crippen molar-refractivity contribution in [2.24, 2.45) is 10.8 Å². The molecule has 0 unspecified atom stereocenters. The fourth-order valence-corrected chi connectivity index (χ4v) is 1.58. The first-order valence-corrected chi connectivity index (χ1v) is 5.71. The van der Waals surface area contributed by atoms with Crippen molar-refractivity contribution in [2.45, 2.75) is 13.3 Å². The molecule has 0 spiro atoms. The van der Waals surface area contributed by atoms with Gasteiger partial charge in [-0.25, -0.2) is 10.6 Å². The van der Waals surface area contributed by atoms with Crippen LogP contribution in [0.15, 0.2) is 23.2 Å². The monoisotopic (exact) mass is 249 g/mol. The standard InChI is InChI=1S/C12H19N5O/c1-4-8-5-9(11(14-2)17-13)7-10(6-8)16-12(18)15-3/h5-7H,4,13H2,1-3H3,(H,14,17)(H2,15,16,18). The summed E-state index contributed by atoms with van der Waals surface area (Å²) in [5, 5.41) is 5.24. The summed E-state index contributed by atoms with van der Waals surface area (Å²) in [4.78, 5) is 15.4. The lowest BCUT2D eigenvalue weighted by molar-refractivity contribution is 0.254. The number of hydrogen-bond donors (Lipinski definition) is 4. The lowest BCUT2D eigenvalue weighted by Gasteiger charge is -2.11. The Morgan fingerprint density at radius 2 is 2.11 bits per heavy atom. The van der Waals surface area contributed by atoms with Crippen molar-refractivity contribution in [1.82, 2.24) is 10.7 Å². The maximum Gasteiger partial charge on any atom is 0.318 e. The first-order valence-electron chi connectivity index (χ1n) is 5.71. The van der Waals surface area contributed by atoms with Gasteiger partial charge in [0.15, 0.2) is 0 Å². The molecule has 0 radical (unpaired) electrons. The van der Waals surface area contributed by atoms with Gasteiger partial charge in [0.05, 0.1) is 0 Å². The topological polar surface area (TPSA) is 91.5 Å². The molecule has 0 aliphatic carbocycles. The SMILES string of the molecule is CCc1cc(NC(=O)NC)cc(C(=NC)NN)c1. The van der Waals surface area contributed by atoms with Crippen LogP contribution in [0.4, 0.5) is 10.5 Å². The van der Waals surface area contributed by atoms with Crippen molar-refractivity contribution < 1.29 is 4.79 Å². The molecule has 0 heterocycles. The number of benzene rings is 1. The number of amidine groups is 1. The van der Waals surface area contributed by atoms with E-state index in [2.05, 4.69) is 21.1 Å². The van der Waals surface area contributed by atoms with Crippen molar-refractivity contribution in [2.75, 3.05) is 19.4 Å². The Morgan fingerprint density at radius 1 is 1.39 bits per heavy atom. The third-order valence-electron chi connectivity index (χ3n) is 2.52. The highest BCUT2D eigenvalue weighted by atomic mass is 16.2. The average Bonchev–Trinajstić information content (AvgIpc) is 2.39. The Hall–Kier alpha value is -2.08. The Labute approximate surface area is 107 Å². The number of nitrogens with one attached hydrogen (secondary N) is 3. The van der Waals surface area contributed by atoms with Crippen LogP contribution in [0.3, 0.4) is 0 Å². The second-order valence-corrected chi connectivity index (χ2v) is 3.69. The second kappa shape index (κ2) is 6.61. The van der Waals surface area contributed by atoms with Crippen LogP contribution in [0.2, 0.25) is 0 Å². The number of nitrogens with zero attached hydrogens (tertiary/aromatic N) is 1. The van der Waals surface area contributed by atoms with Crippen molar-refractivity contribution >= 4 is 17.6 Å². The number of hydrogen-bond acceptors (Lipinski definition) is 3. The fourth-order valence-electron chi connectivity index (χ4n) is 1.58. The van der Waals surface area contributed by atoms with Crippen LogP contribution >= 0.6 is 0 Å². The van der Waals surface area contributed by atoms with Gasteiger partial charge >= 0.3 is 6.03 Å². The summed E-state index contributed by atoms with van der Waals surface area (Å²) in [7, 11) is 3.22. The number of anilines is 1. The number of aryl methyl sites for hydroxylation is 1. The lowest BCUT2D eigenvalue weighted by Crippen LogP contribution is -2.31. The zero-order valence-electron chi connectivity index (χ0n) is 10.9. The number of carbonyl (C=O) groups excluding carboxylic acids is 1. The Kier molecular flexibility index (Phi) is 5.13. The molecule has 0 aliphatic heterocycles. The highest BCUT2D eigenvalue weighted by Crippen LogP contribution is 2.16. The minimum Gasteiger partial charge on any atom is -0.341 e. The zero-order chi connectivity index (χ0) is 13.5. The van der Waals surface area contributed by atoms with Gasteiger partial charge in [-0.1, -0.05) is 6.92 Å². The Bertz CT molecular complexity index is 456. The van der Waals surface area contributed by atoms with E-state index in [9.17, 15) is 4.79 Å². The third kappa shape index (κ3) is 3.46. The van der Waals surface area contributed by atoms with Gasteiger partial charge in [-0.15, -0.1) is 0 Å². The number of urea groups is 1. The summed E-state index contributed by atoms with van der Waals surface area (Å²) in [6, 6.07) is 5.46. The predicted octanol–water partition coefficient (Wildman–Crippen LogP) is 0.840. The van der Waals surface area contributed by atoms with Gasteiger partial charge in [0, 0.05) is 25.3 Å². The summed E-state index contributed by atoms with van der Waals surface area (Å²) >= 11 is 0. The van der Waals surface area contributed by atoms with E-state index >= 15 is 0 Å². The molecule has 5 N–H and O–H groups in total. The van der Waals surface area contributed by atoms with Crippen LogP contribution in [-0.4, -0.2) is 26.0 Å². The van der Waals surface area contributed by atoms with Crippen LogP contribution in [0, 0.1) is 0 Å². The summed E-state index contributed by atoms with van der Waals surface area (Å²) in [5.41, 5.74) is 5.18. The molecule has 6 heteroatoms. The molecule has 0 saturated carbocycles. The van der Waals surface area contributed by atoms with Crippen LogP contribution in [0.25, 0.3) is 0 Å². The van der Waals surface area contributed by atoms with Crippen molar-refractivity contribution in [3.05, 3.63) is 29.3 Å². The van der Waals surface area contributed by atoms with E-state index in [-0.39, 0.29) is 6.03 Å². The van der Waals surface area contributed by atoms with Gasteiger partial charge in [-0.3, -0.25) is 4.99 Å². The second-order valence-electron chi connectivity index (χ2n) is 3.69. The predicted molar refractivity (Wildman–Crippen MR) is 73.7 cm³/mol. The molecule has 0 aromatic heterocycles. The number of rotatable bonds is 3. The average molecular weight is 249 g/mol. The lowest BCUT2D eigenvalue weighted by atomic mass is 10.1. The van der Waals surface area contributed by atoms with Gasteiger partial charge in [0.2, 0.25) is 0 Å². The molecule has 0 atom stereocenters. The summed E-state index contributed by atoms with van der Waals surface area (Å²) in [6.45, 7) is 2.04. The zero-order valence-corrected chi connectivity index (χ0v) is 10.9. The molecule has 6 nitrogen and oxygen atoms in total. The van der Waals surface area contributed by atoms with Crippen LogP contribution in [-0.2, 0) is 6.42 Å². The van der Waals surface area contributed by atoms with Gasteiger partial charge in [-0.05, 0) is 30.2 Å². The smallest absolute Gasteiger partial charge is 0.318 e. The molecule has 2 amide bonds. The highest BCUT2D eigenvalue weighted by Gasteiger charge is 2.06. The fraction of sp³-hybridized carbons (Fsp3) is 0.333. The maximum atomic E-state index is 11.3. The third-order valence-corrected chi connectivity index (χ3v) is 2.52. The first kappa shape index (κ1) is 14.0. The molecular weight excluding hydrogens is 230 g/mol. The molecule has 1 aromatic rings. The van der Waals surface area contributed by atoms with Crippen LogP contribution in [0.1, 0.15) is 18.1 Å². The summed E-state index contributed by atoms with van der Waals surface area (Å²) in [6.07, 6.45) is 0.859. The van der Waals surface area contributed by atoms with Gasteiger partial charge in [-0.2, -0.15) is 0 Å². The number of nitrogens with two attached hydrogens (primary N) is 1. The molecule has 98 valence electrons. The molecule has 1 rings (SSSR count). The largest absolute Gasteiger partial charge is 0.341 e. The molecule has 1 aromatic carbocycles. The quantitative estimate of drug-likeness (QED) is 0.277. The molecule has 18 heavy (non-hydrogen) atoms. The van der Waals surface area contributed by atoms with Gasteiger partial charge < -0.3 is 16.1 Å². The van der Waals surface area contributed by atoms with E-state index in [0.29, 0.717) is 11.5 Å². The van der Waals surface area contributed by atoms with Crippen molar-refractivity contribution in [3.63, 3.8) is 0 Å². The molecule has 0 aliphatic rings. The minimum atomic E-state index is -0.259. The first-order chi connectivity index (χ1) is 8.64. The maximum absolute atomic E-state index is 11.3. The number of carbonyl (C=O) groups is 1. The molecule has 0 saturated heterocycles. The minimum absolute atomic E-state index is 0.259. The van der Waals surface area contributed by atoms with Crippen molar-refractivity contribution in [3.8, 4) is 0 Å². The van der Waals surface area contributed by atoms with Gasteiger partial charge in [0.25, 0.3) is 0 Å². The van der Waals surface area contributed by atoms with Crippen molar-refractivity contribution in [1.29, 1.82) is 0 Å². The molecule has 0 bridgehead atoms. The van der Waals surface area contributed by atoms with E-state index in [1.54, 1.807) is 14.1 Å². The number of amides is 2. The van der Waals surface area contributed by atoms with E-state index in [1.165, 1.54) is 0 Å².